The molecular weight excluding hydrogens is 380 g/mol. The zero-order valence-corrected chi connectivity index (χ0v) is 17.7. The number of nitrogens with zero attached hydrogens (tertiary/aromatic N) is 1. The summed E-state index contributed by atoms with van der Waals surface area (Å²) in [5.41, 5.74) is 2.48. The molecule has 0 radical (unpaired) electrons. The van der Waals surface area contributed by atoms with Crippen molar-refractivity contribution in [2.75, 3.05) is 14.2 Å². The predicted octanol–water partition coefficient (Wildman–Crippen LogP) is 4.75. The van der Waals surface area contributed by atoms with E-state index in [0.29, 0.717) is 34.3 Å². The normalized spacial score (nSPS) is 11.1. The SMILES string of the molecule is C=C(/C=C\C=C(/C)C(=C)Oc1cccnc1C)NC(=O)c1ccc(OC)c(OC)c1. The molecule has 0 aliphatic rings. The Bertz CT molecular complexity index is 1010. The quantitative estimate of drug-likeness (QED) is 0.481. The zero-order valence-electron chi connectivity index (χ0n) is 17.7. The molecule has 1 aromatic heterocycles. The smallest absolute Gasteiger partial charge is 0.255 e. The molecule has 6 heteroatoms. The van der Waals surface area contributed by atoms with Gasteiger partial charge in [0.15, 0.2) is 11.5 Å². The molecule has 0 aliphatic carbocycles. The molecule has 1 aromatic carbocycles. The van der Waals surface area contributed by atoms with Crippen LogP contribution in [0.1, 0.15) is 23.0 Å². The third-order valence-corrected chi connectivity index (χ3v) is 4.19. The van der Waals surface area contributed by atoms with Crippen LogP contribution in [0.15, 0.2) is 84.9 Å². The van der Waals surface area contributed by atoms with Crippen LogP contribution >= 0.6 is 0 Å². The molecule has 0 unspecified atom stereocenters. The average Bonchev–Trinajstić information content (AvgIpc) is 2.74. The first kappa shape index (κ1) is 22.5. The lowest BCUT2D eigenvalue weighted by molar-refractivity contribution is 0.0967. The first-order valence-corrected chi connectivity index (χ1v) is 9.21. The van der Waals surface area contributed by atoms with Crippen LogP contribution in [0.2, 0.25) is 0 Å². The van der Waals surface area contributed by atoms with E-state index >= 15 is 0 Å². The number of hydrogen-bond donors (Lipinski definition) is 1. The summed E-state index contributed by atoms with van der Waals surface area (Å²) < 4.78 is 16.2. The molecule has 1 N–H and O–H groups in total. The first-order valence-electron chi connectivity index (χ1n) is 9.21. The number of carbonyl (C=O) groups excluding carboxylic acids is 1. The van der Waals surface area contributed by atoms with Gasteiger partial charge in [-0.25, -0.2) is 0 Å². The predicted molar refractivity (Wildman–Crippen MR) is 118 cm³/mol. The number of pyridine rings is 1. The van der Waals surface area contributed by atoms with E-state index in [9.17, 15) is 4.79 Å². The van der Waals surface area contributed by atoms with Crippen LogP contribution in [0.3, 0.4) is 0 Å². The summed E-state index contributed by atoms with van der Waals surface area (Å²) in [6.45, 7) is 11.5. The van der Waals surface area contributed by atoms with Crippen LogP contribution in [-0.2, 0) is 0 Å². The molecule has 0 bridgehead atoms. The number of benzene rings is 1. The highest BCUT2D eigenvalue weighted by Gasteiger charge is 2.10. The van der Waals surface area contributed by atoms with Crippen LogP contribution in [0.4, 0.5) is 0 Å². The molecule has 0 aliphatic heterocycles. The van der Waals surface area contributed by atoms with Crippen molar-refractivity contribution < 1.29 is 19.0 Å². The third-order valence-electron chi connectivity index (χ3n) is 4.19. The van der Waals surface area contributed by atoms with Gasteiger partial charge >= 0.3 is 0 Å². The fourth-order valence-corrected chi connectivity index (χ4v) is 2.43. The molecule has 1 heterocycles. The highest BCUT2D eigenvalue weighted by atomic mass is 16.5. The number of nitrogens with one attached hydrogen (secondary N) is 1. The summed E-state index contributed by atoms with van der Waals surface area (Å²) in [6.07, 6.45) is 6.97. The topological polar surface area (TPSA) is 69.7 Å². The van der Waals surface area contributed by atoms with Crippen LogP contribution < -0.4 is 19.5 Å². The molecule has 0 saturated heterocycles. The van der Waals surface area contributed by atoms with Gasteiger partial charge in [-0.1, -0.05) is 25.3 Å². The van der Waals surface area contributed by atoms with Gasteiger partial charge in [0.1, 0.15) is 11.5 Å². The zero-order chi connectivity index (χ0) is 22.1. The van der Waals surface area contributed by atoms with Gasteiger partial charge in [0.05, 0.1) is 19.9 Å². The Morgan fingerprint density at radius 1 is 1.10 bits per heavy atom. The molecule has 0 fully saturated rings. The van der Waals surface area contributed by atoms with Crippen molar-refractivity contribution in [2.24, 2.45) is 0 Å². The van der Waals surface area contributed by atoms with Crippen LogP contribution in [0.5, 0.6) is 17.2 Å². The van der Waals surface area contributed by atoms with E-state index in [1.165, 1.54) is 14.2 Å². The summed E-state index contributed by atoms with van der Waals surface area (Å²) >= 11 is 0. The number of carbonyl (C=O) groups is 1. The Morgan fingerprint density at radius 3 is 2.50 bits per heavy atom. The summed E-state index contributed by atoms with van der Waals surface area (Å²) in [5.74, 6) is 1.90. The molecule has 1 amide bonds. The van der Waals surface area contributed by atoms with Crippen molar-refractivity contribution in [3.63, 3.8) is 0 Å². The summed E-state index contributed by atoms with van der Waals surface area (Å²) in [5, 5.41) is 2.73. The molecule has 0 spiro atoms. The van der Waals surface area contributed by atoms with Gasteiger partial charge in [-0.05, 0) is 55.8 Å². The molecule has 2 rings (SSSR count). The maximum atomic E-state index is 12.4. The Morgan fingerprint density at radius 2 is 1.83 bits per heavy atom. The lowest BCUT2D eigenvalue weighted by Crippen LogP contribution is -2.21. The highest BCUT2D eigenvalue weighted by molar-refractivity contribution is 5.96. The number of rotatable bonds is 9. The average molecular weight is 406 g/mol. The Hall–Kier alpha value is -3.80. The van der Waals surface area contributed by atoms with E-state index in [1.54, 1.807) is 42.6 Å². The fourth-order valence-electron chi connectivity index (χ4n) is 2.43. The Labute approximate surface area is 177 Å². The van der Waals surface area contributed by atoms with Gasteiger partial charge in [0.2, 0.25) is 0 Å². The van der Waals surface area contributed by atoms with E-state index in [0.717, 1.165) is 11.3 Å². The number of aromatic nitrogens is 1. The Kier molecular flexibility index (Phi) is 7.99. The molecule has 0 atom stereocenters. The second kappa shape index (κ2) is 10.7. The van der Waals surface area contributed by atoms with Crippen molar-refractivity contribution in [3.8, 4) is 17.2 Å². The lowest BCUT2D eigenvalue weighted by Gasteiger charge is -2.10. The summed E-state index contributed by atoms with van der Waals surface area (Å²) in [6, 6.07) is 8.58. The van der Waals surface area contributed by atoms with Gasteiger partial charge in [-0.15, -0.1) is 0 Å². The van der Waals surface area contributed by atoms with Crippen molar-refractivity contribution in [1.29, 1.82) is 0 Å². The van der Waals surface area contributed by atoms with E-state index in [4.69, 9.17) is 14.2 Å². The number of allylic oxidation sites excluding steroid dienone is 4. The van der Waals surface area contributed by atoms with E-state index < -0.39 is 0 Å². The van der Waals surface area contributed by atoms with Gasteiger partial charge in [0.25, 0.3) is 5.91 Å². The maximum Gasteiger partial charge on any atom is 0.255 e. The molecule has 2 aromatic rings. The van der Waals surface area contributed by atoms with Crippen molar-refractivity contribution in [3.05, 3.63) is 96.2 Å². The minimum absolute atomic E-state index is 0.300. The number of ether oxygens (including phenoxy) is 3. The van der Waals surface area contributed by atoms with Crippen molar-refractivity contribution in [1.82, 2.24) is 10.3 Å². The maximum absolute atomic E-state index is 12.4. The van der Waals surface area contributed by atoms with Gasteiger partial charge in [-0.3, -0.25) is 9.78 Å². The van der Waals surface area contributed by atoms with Crippen LogP contribution in [0, 0.1) is 6.92 Å². The highest BCUT2D eigenvalue weighted by Crippen LogP contribution is 2.27. The standard InChI is InChI=1S/C24H26N2O4/c1-16(19(4)30-21-11-8-14-25-18(21)3)9-7-10-17(2)26-24(27)20-12-13-22(28-5)23(15-20)29-6/h7-15H,2,4H2,1,3,5-6H3,(H,26,27)/b10-7-,16-9+. The van der Waals surface area contributed by atoms with Crippen molar-refractivity contribution >= 4 is 5.91 Å². The summed E-state index contributed by atoms with van der Waals surface area (Å²) in [7, 11) is 3.06. The van der Waals surface area contributed by atoms with Gasteiger partial charge in [0, 0.05) is 17.5 Å². The Balaban J connectivity index is 1.96. The number of aryl methyl sites for hydroxylation is 1. The molecular formula is C24H26N2O4. The molecule has 30 heavy (non-hydrogen) atoms. The minimum atomic E-state index is -0.300. The molecule has 6 nitrogen and oxygen atoms in total. The number of hydrogen-bond acceptors (Lipinski definition) is 5. The van der Waals surface area contributed by atoms with E-state index in [-0.39, 0.29) is 5.91 Å². The molecule has 156 valence electrons. The van der Waals surface area contributed by atoms with E-state index in [1.807, 2.05) is 26.0 Å². The summed E-state index contributed by atoms with van der Waals surface area (Å²) in [4.78, 5) is 16.6. The molecule has 0 saturated carbocycles. The second-order valence-electron chi connectivity index (χ2n) is 6.37. The van der Waals surface area contributed by atoms with Crippen LogP contribution in [-0.4, -0.2) is 25.1 Å². The third kappa shape index (κ3) is 6.10. The van der Waals surface area contributed by atoms with Gasteiger partial charge < -0.3 is 19.5 Å². The number of methoxy groups -OCH3 is 2. The van der Waals surface area contributed by atoms with E-state index in [2.05, 4.69) is 23.5 Å². The van der Waals surface area contributed by atoms with Crippen molar-refractivity contribution in [2.45, 2.75) is 13.8 Å². The largest absolute Gasteiger partial charge is 0.493 e. The van der Waals surface area contributed by atoms with Gasteiger partial charge in [-0.2, -0.15) is 0 Å². The lowest BCUT2D eigenvalue weighted by atomic mass is 10.2. The second-order valence-corrected chi connectivity index (χ2v) is 6.37. The monoisotopic (exact) mass is 406 g/mol. The first-order chi connectivity index (χ1) is 14.3. The minimum Gasteiger partial charge on any atom is -0.493 e. The van der Waals surface area contributed by atoms with Crippen LogP contribution in [0.25, 0.3) is 0 Å². The fraction of sp³-hybridized carbons (Fsp3) is 0.167. The number of amides is 1.